The number of rotatable bonds is 6. The summed E-state index contributed by atoms with van der Waals surface area (Å²) in [6.07, 6.45) is 1.38. The van der Waals surface area contributed by atoms with Crippen molar-refractivity contribution in [2.75, 3.05) is 12.0 Å². The first-order valence-corrected chi connectivity index (χ1v) is 10.8. The zero-order chi connectivity index (χ0) is 24.9. The van der Waals surface area contributed by atoms with Crippen LogP contribution in [0.4, 0.5) is 10.5 Å². The number of barbiturate groups is 1. The van der Waals surface area contributed by atoms with Crippen molar-refractivity contribution in [3.05, 3.63) is 100 Å². The molecule has 0 aromatic heterocycles. The first-order chi connectivity index (χ1) is 16.9. The van der Waals surface area contributed by atoms with E-state index in [1.165, 1.54) is 37.5 Å². The Hall–Kier alpha value is -4.43. The van der Waals surface area contributed by atoms with Crippen LogP contribution < -0.4 is 15.0 Å². The van der Waals surface area contributed by atoms with Gasteiger partial charge in [0.25, 0.3) is 11.8 Å². The highest BCUT2D eigenvalue weighted by Crippen LogP contribution is 2.24. The van der Waals surface area contributed by atoms with E-state index in [1.54, 1.807) is 36.4 Å². The summed E-state index contributed by atoms with van der Waals surface area (Å²) in [5, 5.41) is 2.80. The molecule has 1 N–H and O–H groups in total. The first-order valence-electron chi connectivity index (χ1n) is 10.4. The minimum atomic E-state index is -0.886. The summed E-state index contributed by atoms with van der Waals surface area (Å²) in [4.78, 5) is 50.4. The van der Waals surface area contributed by atoms with E-state index < -0.39 is 23.8 Å². The third kappa shape index (κ3) is 5.39. The zero-order valence-corrected chi connectivity index (χ0v) is 19.2. The van der Waals surface area contributed by atoms with E-state index in [2.05, 4.69) is 10.1 Å². The predicted molar refractivity (Wildman–Crippen MR) is 129 cm³/mol. The quantitative estimate of drug-likeness (QED) is 0.313. The van der Waals surface area contributed by atoms with Crippen molar-refractivity contribution in [2.24, 2.45) is 0 Å². The number of nitrogens with zero attached hydrogens (tertiary/aromatic N) is 1. The number of imide groups is 2. The number of anilines is 1. The molecule has 1 heterocycles. The van der Waals surface area contributed by atoms with Crippen molar-refractivity contribution >= 4 is 47.2 Å². The highest BCUT2D eigenvalue weighted by Gasteiger charge is 2.36. The molecule has 0 saturated carbocycles. The number of carbonyl (C=O) groups is 4. The van der Waals surface area contributed by atoms with Gasteiger partial charge in [0.15, 0.2) is 0 Å². The van der Waals surface area contributed by atoms with Gasteiger partial charge in [0.2, 0.25) is 0 Å². The monoisotopic (exact) mass is 490 g/mol. The fraction of sp³-hybridized carbons (Fsp3) is 0.0769. The van der Waals surface area contributed by atoms with Crippen LogP contribution in [0.15, 0.2) is 78.4 Å². The van der Waals surface area contributed by atoms with E-state index in [0.717, 1.165) is 10.5 Å². The average molecular weight is 491 g/mol. The SMILES string of the molecule is COC(=O)c1ccc(N2C(=O)NC(=O)C(=Cc3cccc(OCc4ccc(Cl)cc4)c3)C2=O)cc1. The maximum absolute atomic E-state index is 13.1. The number of halogens is 1. The van der Waals surface area contributed by atoms with Gasteiger partial charge >= 0.3 is 12.0 Å². The fourth-order valence-electron chi connectivity index (χ4n) is 3.36. The third-order valence-corrected chi connectivity index (χ3v) is 5.39. The summed E-state index contributed by atoms with van der Waals surface area (Å²) in [5.41, 5.74) is 1.68. The molecule has 1 fully saturated rings. The van der Waals surface area contributed by atoms with Crippen LogP contribution in [-0.4, -0.2) is 30.9 Å². The Morgan fingerprint density at radius 2 is 1.71 bits per heavy atom. The number of esters is 1. The van der Waals surface area contributed by atoms with Crippen LogP contribution in [0.25, 0.3) is 6.08 Å². The molecule has 3 aromatic carbocycles. The molecule has 4 rings (SSSR count). The van der Waals surface area contributed by atoms with E-state index >= 15 is 0 Å². The van der Waals surface area contributed by atoms with Gasteiger partial charge in [0.05, 0.1) is 18.4 Å². The van der Waals surface area contributed by atoms with E-state index in [0.29, 0.717) is 22.9 Å². The minimum absolute atomic E-state index is 0.193. The Labute approximate surface area is 205 Å². The summed E-state index contributed by atoms with van der Waals surface area (Å²) in [6, 6.07) is 18.9. The molecule has 0 aliphatic carbocycles. The van der Waals surface area contributed by atoms with Crippen LogP contribution in [-0.2, 0) is 20.9 Å². The zero-order valence-electron chi connectivity index (χ0n) is 18.5. The maximum Gasteiger partial charge on any atom is 0.337 e. The Balaban J connectivity index is 1.55. The van der Waals surface area contributed by atoms with E-state index in [1.807, 2.05) is 12.1 Å². The van der Waals surface area contributed by atoms with Gasteiger partial charge in [0.1, 0.15) is 17.9 Å². The van der Waals surface area contributed by atoms with Crippen LogP contribution in [0.3, 0.4) is 0 Å². The molecule has 0 radical (unpaired) electrons. The Morgan fingerprint density at radius 1 is 1.00 bits per heavy atom. The van der Waals surface area contributed by atoms with E-state index in [-0.39, 0.29) is 16.8 Å². The molecule has 1 aliphatic heterocycles. The predicted octanol–water partition coefficient (Wildman–Crippen LogP) is 4.37. The second-order valence-corrected chi connectivity index (χ2v) is 7.92. The molecular formula is C26H19ClN2O6. The van der Waals surface area contributed by atoms with Gasteiger partial charge in [0, 0.05) is 5.02 Å². The van der Waals surface area contributed by atoms with Crippen molar-refractivity contribution in [2.45, 2.75) is 6.61 Å². The van der Waals surface area contributed by atoms with Gasteiger partial charge in [-0.05, 0) is 65.7 Å². The Morgan fingerprint density at radius 3 is 2.40 bits per heavy atom. The standard InChI is InChI=1S/C26H19ClN2O6/c1-34-25(32)18-7-11-20(12-8-18)29-24(31)22(23(30)28-26(29)33)14-17-3-2-4-21(13-17)35-15-16-5-9-19(27)10-6-16/h2-14H,15H2,1H3,(H,28,30,33). The van der Waals surface area contributed by atoms with Crippen LogP contribution in [0.1, 0.15) is 21.5 Å². The molecule has 0 unspecified atom stereocenters. The summed E-state index contributed by atoms with van der Waals surface area (Å²) in [6.45, 7) is 0.306. The number of hydrogen-bond acceptors (Lipinski definition) is 6. The van der Waals surface area contributed by atoms with Crippen LogP contribution in [0.5, 0.6) is 5.75 Å². The van der Waals surface area contributed by atoms with Crippen molar-refractivity contribution in [1.29, 1.82) is 0 Å². The lowest BCUT2D eigenvalue weighted by Crippen LogP contribution is -2.54. The summed E-state index contributed by atoms with van der Waals surface area (Å²) < 4.78 is 10.5. The Kier molecular flexibility index (Phi) is 6.93. The number of amides is 4. The smallest absolute Gasteiger partial charge is 0.337 e. The van der Waals surface area contributed by atoms with E-state index in [9.17, 15) is 19.2 Å². The van der Waals surface area contributed by atoms with Crippen molar-refractivity contribution in [1.82, 2.24) is 5.32 Å². The highest BCUT2D eigenvalue weighted by atomic mass is 35.5. The van der Waals surface area contributed by atoms with Gasteiger partial charge in [-0.3, -0.25) is 14.9 Å². The van der Waals surface area contributed by atoms with Gasteiger partial charge in [-0.15, -0.1) is 0 Å². The second-order valence-electron chi connectivity index (χ2n) is 7.48. The number of hydrogen-bond donors (Lipinski definition) is 1. The maximum atomic E-state index is 13.1. The number of nitrogens with one attached hydrogen (secondary N) is 1. The normalized spacial score (nSPS) is 14.6. The van der Waals surface area contributed by atoms with Gasteiger partial charge in [-0.1, -0.05) is 35.9 Å². The van der Waals surface area contributed by atoms with Gasteiger partial charge < -0.3 is 9.47 Å². The topological polar surface area (TPSA) is 102 Å². The van der Waals surface area contributed by atoms with Crippen molar-refractivity contribution < 1.29 is 28.7 Å². The van der Waals surface area contributed by atoms with Crippen LogP contribution in [0.2, 0.25) is 5.02 Å². The number of urea groups is 1. The van der Waals surface area contributed by atoms with Crippen LogP contribution >= 0.6 is 11.6 Å². The highest BCUT2D eigenvalue weighted by molar-refractivity contribution is 6.39. The summed E-state index contributed by atoms with van der Waals surface area (Å²) >= 11 is 5.90. The molecule has 0 spiro atoms. The third-order valence-electron chi connectivity index (χ3n) is 5.14. The molecule has 9 heteroatoms. The van der Waals surface area contributed by atoms with Gasteiger partial charge in [-0.2, -0.15) is 0 Å². The molecule has 35 heavy (non-hydrogen) atoms. The van der Waals surface area contributed by atoms with Gasteiger partial charge in [-0.25, -0.2) is 14.5 Å². The lowest BCUT2D eigenvalue weighted by molar-refractivity contribution is -0.122. The lowest BCUT2D eigenvalue weighted by Gasteiger charge is -2.26. The molecule has 1 saturated heterocycles. The number of ether oxygens (including phenoxy) is 2. The summed E-state index contributed by atoms with van der Waals surface area (Å²) in [5.74, 6) is -1.63. The molecule has 8 nitrogen and oxygen atoms in total. The second kappa shape index (κ2) is 10.2. The van der Waals surface area contributed by atoms with Crippen molar-refractivity contribution in [3.63, 3.8) is 0 Å². The average Bonchev–Trinajstić information content (AvgIpc) is 2.86. The molecule has 1 aliphatic rings. The Bertz CT molecular complexity index is 1330. The molecule has 3 aromatic rings. The number of carbonyl (C=O) groups excluding carboxylic acids is 4. The fourth-order valence-corrected chi connectivity index (χ4v) is 3.49. The number of benzene rings is 3. The largest absolute Gasteiger partial charge is 0.489 e. The van der Waals surface area contributed by atoms with Crippen LogP contribution in [0, 0.1) is 0 Å². The molecule has 176 valence electrons. The molecule has 0 atom stereocenters. The van der Waals surface area contributed by atoms with Crippen molar-refractivity contribution in [3.8, 4) is 5.75 Å². The molecular weight excluding hydrogens is 472 g/mol. The first kappa shape index (κ1) is 23.7. The molecule has 4 amide bonds. The molecule has 0 bridgehead atoms. The minimum Gasteiger partial charge on any atom is -0.489 e. The van der Waals surface area contributed by atoms with E-state index in [4.69, 9.17) is 16.3 Å². The lowest BCUT2D eigenvalue weighted by atomic mass is 10.1. The number of methoxy groups -OCH3 is 1. The summed E-state index contributed by atoms with van der Waals surface area (Å²) in [7, 11) is 1.25.